The van der Waals surface area contributed by atoms with E-state index < -0.39 is 11.9 Å². The average molecular weight is 284 g/mol. The summed E-state index contributed by atoms with van der Waals surface area (Å²) in [5, 5.41) is 7.70. The number of nitrogens with zero attached hydrogens (tertiary/aromatic N) is 5. The molecule has 106 valence electrons. The van der Waals surface area contributed by atoms with Crippen molar-refractivity contribution in [2.75, 3.05) is 17.2 Å². The Balaban J connectivity index is 1.95. The number of halogens is 3. The zero-order chi connectivity index (χ0) is 14.3. The predicted molar refractivity (Wildman–Crippen MR) is 64.7 cm³/mol. The molecule has 0 aromatic carbocycles. The number of anilines is 2. The molecule has 2 aromatic rings. The summed E-state index contributed by atoms with van der Waals surface area (Å²) in [5.41, 5.74) is 5.33. The van der Waals surface area contributed by atoms with Gasteiger partial charge in [-0.25, -0.2) is 4.98 Å². The highest BCUT2D eigenvalue weighted by Crippen LogP contribution is 2.33. The van der Waals surface area contributed by atoms with Crippen molar-refractivity contribution in [3.05, 3.63) is 30.1 Å². The minimum atomic E-state index is -4.49. The second-order valence-corrected chi connectivity index (χ2v) is 4.49. The van der Waals surface area contributed by atoms with Crippen molar-refractivity contribution in [3.8, 4) is 0 Å². The van der Waals surface area contributed by atoms with Crippen molar-refractivity contribution in [2.24, 2.45) is 0 Å². The van der Waals surface area contributed by atoms with E-state index in [4.69, 9.17) is 5.73 Å². The molecule has 0 bridgehead atoms. The molecule has 6 nitrogen and oxygen atoms in total. The standard InChI is InChI=1S/C11H11F3N6/c12-11(13,14)9-3-8(7(15)4-16-9)19-1-2-20-6-17-18-10(20)5-19/h3-4,6H,1-2,5,15H2. The quantitative estimate of drug-likeness (QED) is 0.854. The largest absolute Gasteiger partial charge is 0.433 e. The van der Waals surface area contributed by atoms with Gasteiger partial charge in [-0.05, 0) is 6.07 Å². The van der Waals surface area contributed by atoms with Gasteiger partial charge in [0.1, 0.15) is 12.0 Å². The SMILES string of the molecule is Nc1cnc(C(F)(F)F)cc1N1CCn2cnnc2C1. The monoisotopic (exact) mass is 284 g/mol. The highest BCUT2D eigenvalue weighted by molar-refractivity contribution is 5.67. The van der Waals surface area contributed by atoms with E-state index in [-0.39, 0.29) is 5.69 Å². The number of nitrogens with two attached hydrogens (primary N) is 1. The van der Waals surface area contributed by atoms with E-state index in [1.165, 1.54) is 0 Å². The third-order valence-electron chi connectivity index (χ3n) is 3.18. The fourth-order valence-corrected chi connectivity index (χ4v) is 2.16. The van der Waals surface area contributed by atoms with Crippen LogP contribution in [0.5, 0.6) is 0 Å². The van der Waals surface area contributed by atoms with Crippen LogP contribution in [-0.4, -0.2) is 26.3 Å². The zero-order valence-electron chi connectivity index (χ0n) is 10.3. The van der Waals surface area contributed by atoms with E-state index in [0.717, 1.165) is 12.3 Å². The summed E-state index contributed by atoms with van der Waals surface area (Å²) in [7, 11) is 0. The minimum Gasteiger partial charge on any atom is -0.396 e. The van der Waals surface area contributed by atoms with E-state index in [1.54, 1.807) is 11.2 Å². The number of pyridine rings is 1. The Kier molecular flexibility index (Phi) is 2.77. The van der Waals surface area contributed by atoms with Crippen LogP contribution in [0.3, 0.4) is 0 Å². The molecule has 0 amide bonds. The van der Waals surface area contributed by atoms with Gasteiger partial charge in [-0.15, -0.1) is 10.2 Å². The van der Waals surface area contributed by atoms with Gasteiger partial charge in [-0.3, -0.25) is 0 Å². The summed E-state index contributed by atoms with van der Waals surface area (Å²) in [6, 6.07) is 0.974. The molecule has 2 N–H and O–H groups in total. The molecule has 0 unspecified atom stereocenters. The van der Waals surface area contributed by atoms with Crippen LogP contribution in [0.15, 0.2) is 18.6 Å². The highest BCUT2D eigenvalue weighted by Gasteiger charge is 2.33. The zero-order valence-corrected chi connectivity index (χ0v) is 10.3. The Morgan fingerprint density at radius 3 is 2.80 bits per heavy atom. The minimum absolute atomic E-state index is 0.214. The van der Waals surface area contributed by atoms with Crippen LogP contribution in [0, 0.1) is 0 Å². The van der Waals surface area contributed by atoms with Gasteiger partial charge < -0.3 is 15.2 Å². The van der Waals surface area contributed by atoms with Crippen LogP contribution < -0.4 is 10.6 Å². The van der Waals surface area contributed by atoms with E-state index in [0.29, 0.717) is 31.1 Å². The van der Waals surface area contributed by atoms with Crippen molar-refractivity contribution < 1.29 is 13.2 Å². The van der Waals surface area contributed by atoms with Gasteiger partial charge in [0, 0.05) is 13.1 Å². The number of rotatable bonds is 1. The van der Waals surface area contributed by atoms with Crippen molar-refractivity contribution in [1.82, 2.24) is 19.7 Å². The molecule has 0 fully saturated rings. The Labute approximate surface area is 112 Å². The second-order valence-electron chi connectivity index (χ2n) is 4.49. The topological polar surface area (TPSA) is 72.9 Å². The maximum Gasteiger partial charge on any atom is 0.433 e. The van der Waals surface area contributed by atoms with Crippen molar-refractivity contribution in [2.45, 2.75) is 19.3 Å². The van der Waals surface area contributed by atoms with E-state index in [1.807, 2.05) is 4.57 Å². The number of aromatic nitrogens is 4. The smallest absolute Gasteiger partial charge is 0.396 e. The van der Waals surface area contributed by atoms with Gasteiger partial charge in [0.25, 0.3) is 0 Å². The second kappa shape index (κ2) is 4.36. The van der Waals surface area contributed by atoms with Crippen LogP contribution in [0.2, 0.25) is 0 Å². The summed E-state index contributed by atoms with van der Waals surface area (Å²) >= 11 is 0. The van der Waals surface area contributed by atoms with Crippen LogP contribution in [-0.2, 0) is 19.3 Å². The Hall–Kier alpha value is -2.32. The van der Waals surface area contributed by atoms with Crippen LogP contribution in [0.4, 0.5) is 24.5 Å². The third kappa shape index (κ3) is 2.15. The Morgan fingerprint density at radius 2 is 2.05 bits per heavy atom. The van der Waals surface area contributed by atoms with Crippen molar-refractivity contribution in [1.29, 1.82) is 0 Å². The molecule has 0 spiro atoms. The first-order valence-corrected chi connectivity index (χ1v) is 5.89. The lowest BCUT2D eigenvalue weighted by Gasteiger charge is -2.30. The number of fused-ring (bicyclic) bond motifs is 1. The summed E-state index contributed by atoms with van der Waals surface area (Å²) in [6.07, 6.45) is -1.85. The molecule has 3 heterocycles. The summed E-state index contributed by atoms with van der Waals surface area (Å²) in [4.78, 5) is 5.08. The molecule has 2 aromatic heterocycles. The first kappa shape index (κ1) is 12.7. The van der Waals surface area contributed by atoms with E-state index in [2.05, 4.69) is 15.2 Å². The molecule has 0 radical (unpaired) electrons. The highest BCUT2D eigenvalue weighted by atomic mass is 19.4. The lowest BCUT2D eigenvalue weighted by molar-refractivity contribution is -0.141. The summed E-state index contributed by atoms with van der Waals surface area (Å²) < 4.78 is 40.0. The third-order valence-corrected chi connectivity index (χ3v) is 3.18. The maximum absolute atomic E-state index is 12.7. The van der Waals surface area contributed by atoms with Gasteiger partial charge in [0.2, 0.25) is 0 Å². The first-order valence-electron chi connectivity index (χ1n) is 5.89. The average Bonchev–Trinajstić information content (AvgIpc) is 2.85. The van der Waals surface area contributed by atoms with Gasteiger partial charge in [0.05, 0.1) is 24.1 Å². The molecule has 20 heavy (non-hydrogen) atoms. The van der Waals surface area contributed by atoms with Crippen molar-refractivity contribution in [3.63, 3.8) is 0 Å². The Morgan fingerprint density at radius 1 is 1.25 bits per heavy atom. The molecule has 9 heteroatoms. The molecule has 1 aliphatic heterocycles. The maximum atomic E-state index is 12.7. The van der Waals surface area contributed by atoms with Crippen LogP contribution in [0.25, 0.3) is 0 Å². The first-order chi connectivity index (χ1) is 9.45. The van der Waals surface area contributed by atoms with E-state index >= 15 is 0 Å². The number of hydrogen-bond acceptors (Lipinski definition) is 5. The lowest BCUT2D eigenvalue weighted by atomic mass is 10.2. The number of nitrogen functional groups attached to an aromatic ring is 1. The predicted octanol–water partition coefficient (Wildman–Crippen LogP) is 1.29. The fourth-order valence-electron chi connectivity index (χ4n) is 2.16. The normalized spacial score (nSPS) is 15.2. The van der Waals surface area contributed by atoms with Gasteiger partial charge in [0.15, 0.2) is 5.82 Å². The molecular weight excluding hydrogens is 273 g/mol. The summed E-state index contributed by atoms with van der Waals surface area (Å²) in [5.74, 6) is 0.695. The van der Waals surface area contributed by atoms with Gasteiger partial charge in [-0.1, -0.05) is 0 Å². The van der Waals surface area contributed by atoms with Crippen LogP contribution in [0.1, 0.15) is 11.5 Å². The molecule has 1 aliphatic rings. The van der Waals surface area contributed by atoms with Crippen LogP contribution >= 0.6 is 0 Å². The summed E-state index contributed by atoms with van der Waals surface area (Å²) in [6.45, 7) is 1.51. The molecule has 0 saturated carbocycles. The van der Waals surface area contributed by atoms with E-state index in [9.17, 15) is 13.2 Å². The fraction of sp³-hybridized carbons (Fsp3) is 0.364. The molecule has 0 atom stereocenters. The number of alkyl halides is 3. The molecule has 0 saturated heterocycles. The lowest BCUT2D eigenvalue weighted by Crippen LogP contribution is -2.34. The van der Waals surface area contributed by atoms with Gasteiger partial charge in [-0.2, -0.15) is 13.2 Å². The molecule has 0 aliphatic carbocycles. The molecular formula is C11H11F3N6. The number of hydrogen-bond donors (Lipinski definition) is 1. The molecule has 3 rings (SSSR count). The van der Waals surface area contributed by atoms with Crippen molar-refractivity contribution >= 4 is 11.4 Å². The Bertz CT molecular complexity index is 635. The van der Waals surface area contributed by atoms with Gasteiger partial charge >= 0.3 is 6.18 Å².